The maximum Gasteiger partial charge on any atom is 0.140 e. The van der Waals surface area contributed by atoms with Crippen LogP contribution in [0.3, 0.4) is 0 Å². The number of para-hydroxylation sites is 1. The summed E-state index contributed by atoms with van der Waals surface area (Å²) in [5, 5.41) is 8.85. The van der Waals surface area contributed by atoms with Crippen LogP contribution in [0, 0.1) is 17.1 Å². The van der Waals surface area contributed by atoms with Crippen molar-refractivity contribution in [3.63, 3.8) is 0 Å². The smallest absolute Gasteiger partial charge is 0.140 e. The molecule has 0 spiro atoms. The Morgan fingerprint density at radius 2 is 1.86 bits per heavy atom. The molecule has 0 heterocycles. The number of hydrogen-bond acceptors (Lipinski definition) is 2. The van der Waals surface area contributed by atoms with E-state index < -0.39 is 5.82 Å². The molecule has 108 valence electrons. The van der Waals surface area contributed by atoms with Gasteiger partial charge in [0.2, 0.25) is 0 Å². The first kappa shape index (κ1) is 15.1. The lowest BCUT2D eigenvalue weighted by atomic mass is 9.86. The minimum absolute atomic E-state index is 0.0167. The van der Waals surface area contributed by atoms with Crippen molar-refractivity contribution in [2.75, 3.05) is 0 Å². The molecule has 0 saturated carbocycles. The Morgan fingerprint density at radius 1 is 1.14 bits per heavy atom. The Balaban J connectivity index is 2.20. The molecule has 21 heavy (non-hydrogen) atoms. The van der Waals surface area contributed by atoms with Gasteiger partial charge in [-0.2, -0.15) is 5.26 Å². The predicted molar refractivity (Wildman–Crippen MR) is 80.6 cm³/mol. The second-order valence-corrected chi connectivity index (χ2v) is 5.96. The fraction of sp³-hybridized carbons (Fsp3) is 0.278. The molecule has 0 fully saturated rings. The van der Waals surface area contributed by atoms with Crippen molar-refractivity contribution in [1.29, 1.82) is 5.26 Å². The molecule has 0 aliphatic carbocycles. The van der Waals surface area contributed by atoms with Gasteiger partial charge in [-0.1, -0.05) is 45.0 Å². The number of benzene rings is 2. The topological polar surface area (TPSA) is 33.0 Å². The summed E-state index contributed by atoms with van der Waals surface area (Å²) in [6.45, 7) is 6.69. The quantitative estimate of drug-likeness (QED) is 0.826. The summed E-state index contributed by atoms with van der Waals surface area (Å²) in [7, 11) is 0. The number of rotatable bonds is 3. The molecule has 0 saturated heterocycles. The summed E-state index contributed by atoms with van der Waals surface area (Å²) in [5.41, 5.74) is 1.92. The van der Waals surface area contributed by atoms with Gasteiger partial charge in [-0.3, -0.25) is 0 Å². The fourth-order valence-corrected chi connectivity index (χ4v) is 2.12. The second-order valence-electron chi connectivity index (χ2n) is 5.96. The van der Waals surface area contributed by atoms with Crippen LogP contribution in [0.4, 0.5) is 4.39 Å². The summed E-state index contributed by atoms with van der Waals surface area (Å²) in [5.74, 6) is 0.309. The Morgan fingerprint density at radius 3 is 2.52 bits per heavy atom. The molecular weight excluding hydrogens is 265 g/mol. The van der Waals surface area contributed by atoms with Gasteiger partial charge in [0.25, 0.3) is 0 Å². The van der Waals surface area contributed by atoms with Crippen LogP contribution in [0.2, 0.25) is 0 Å². The van der Waals surface area contributed by atoms with Crippen molar-refractivity contribution >= 4 is 0 Å². The van der Waals surface area contributed by atoms with Crippen molar-refractivity contribution in [1.82, 2.24) is 0 Å². The van der Waals surface area contributed by atoms with Crippen LogP contribution >= 0.6 is 0 Å². The van der Waals surface area contributed by atoms with E-state index in [0.717, 1.165) is 16.9 Å². The third-order valence-corrected chi connectivity index (χ3v) is 3.24. The molecule has 2 aromatic carbocycles. The van der Waals surface area contributed by atoms with Crippen LogP contribution in [-0.2, 0) is 12.0 Å². The lowest BCUT2D eigenvalue weighted by Gasteiger charge is -2.22. The first-order valence-electron chi connectivity index (χ1n) is 6.82. The van der Waals surface area contributed by atoms with Crippen LogP contribution in [0.25, 0.3) is 0 Å². The second kappa shape index (κ2) is 5.97. The van der Waals surface area contributed by atoms with Crippen molar-refractivity contribution < 1.29 is 9.13 Å². The number of ether oxygens (including phenoxy) is 1. The van der Waals surface area contributed by atoms with Gasteiger partial charge in [-0.15, -0.1) is 0 Å². The van der Waals surface area contributed by atoms with Crippen LogP contribution < -0.4 is 4.74 Å². The van der Waals surface area contributed by atoms with Crippen molar-refractivity contribution in [2.45, 2.75) is 32.8 Å². The molecule has 2 rings (SSSR count). The Labute approximate surface area is 124 Å². The number of hydrogen-bond donors (Lipinski definition) is 0. The van der Waals surface area contributed by atoms with Gasteiger partial charge < -0.3 is 4.74 Å². The van der Waals surface area contributed by atoms with E-state index in [2.05, 4.69) is 20.8 Å². The van der Waals surface area contributed by atoms with Gasteiger partial charge in [-0.25, -0.2) is 4.39 Å². The molecule has 0 amide bonds. The average molecular weight is 283 g/mol. The number of nitrogens with zero attached hydrogens (tertiary/aromatic N) is 1. The molecule has 0 radical (unpaired) electrons. The van der Waals surface area contributed by atoms with Crippen LogP contribution in [-0.4, -0.2) is 0 Å². The molecule has 0 aliphatic rings. The summed E-state index contributed by atoms with van der Waals surface area (Å²) >= 11 is 0. The lowest BCUT2D eigenvalue weighted by molar-refractivity contribution is 0.297. The van der Waals surface area contributed by atoms with E-state index in [0.29, 0.717) is 6.61 Å². The molecular formula is C18H18FNO. The van der Waals surface area contributed by atoms with E-state index in [1.807, 2.05) is 30.3 Å². The average Bonchev–Trinajstić information content (AvgIpc) is 2.45. The van der Waals surface area contributed by atoms with Crippen molar-refractivity contribution in [2.24, 2.45) is 0 Å². The van der Waals surface area contributed by atoms with E-state index in [1.54, 1.807) is 6.07 Å². The lowest BCUT2D eigenvalue weighted by Crippen LogP contribution is -2.13. The van der Waals surface area contributed by atoms with Gasteiger partial charge in [0.05, 0.1) is 5.56 Å². The molecule has 0 N–H and O–H groups in total. The first-order valence-corrected chi connectivity index (χ1v) is 6.82. The van der Waals surface area contributed by atoms with Crippen LogP contribution in [0.15, 0.2) is 42.5 Å². The molecule has 0 unspecified atom stereocenters. The maximum absolute atomic E-state index is 13.3. The molecule has 2 aromatic rings. The van der Waals surface area contributed by atoms with Crippen molar-refractivity contribution in [3.05, 3.63) is 65.0 Å². The fourth-order valence-electron chi connectivity index (χ4n) is 2.12. The zero-order chi connectivity index (χ0) is 15.5. The summed E-state index contributed by atoms with van der Waals surface area (Å²) in [6.07, 6.45) is 0. The van der Waals surface area contributed by atoms with Gasteiger partial charge >= 0.3 is 0 Å². The zero-order valence-corrected chi connectivity index (χ0v) is 12.5. The molecule has 2 nitrogen and oxygen atoms in total. The van der Waals surface area contributed by atoms with E-state index >= 15 is 0 Å². The van der Waals surface area contributed by atoms with E-state index in [1.165, 1.54) is 12.1 Å². The molecule has 3 heteroatoms. The highest BCUT2D eigenvalue weighted by atomic mass is 19.1. The minimum Gasteiger partial charge on any atom is -0.489 e. The highest BCUT2D eigenvalue weighted by molar-refractivity contribution is 5.39. The van der Waals surface area contributed by atoms with E-state index in [4.69, 9.17) is 10.00 Å². The summed E-state index contributed by atoms with van der Waals surface area (Å²) in [6, 6.07) is 14.2. The Hall–Kier alpha value is -2.34. The minimum atomic E-state index is -0.503. The third kappa shape index (κ3) is 3.61. The molecule has 0 aliphatic heterocycles. The van der Waals surface area contributed by atoms with Gasteiger partial charge in [0.1, 0.15) is 24.2 Å². The zero-order valence-electron chi connectivity index (χ0n) is 12.5. The van der Waals surface area contributed by atoms with Crippen LogP contribution in [0.5, 0.6) is 5.75 Å². The Kier molecular flexibility index (Phi) is 4.28. The summed E-state index contributed by atoms with van der Waals surface area (Å²) in [4.78, 5) is 0. The third-order valence-electron chi connectivity index (χ3n) is 3.24. The standard InChI is InChI=1S/C18H18FNO/c1-18(2,3)15-6-4-5-7-17(15)21-12-13-8-9-16(19)14(10-13)11-20/h4-10H,12H2,1-3H3. The van der Waals surface area contributed by atoms with Gasteiger partial charge in [0.15, 0.2) is 0 Å². The number of nitriles is 1. The van der Waals surface area contributed by atoms with Gasteiger partial charge in [-0.05, 0) is 34.7 Å². The monoisotopic (exact) mass is 283 g/mol. The number of halogens is 1. The SMILES string of the molecule is CC(C)(C)c1ccccc1OCc1ccc(F)c(C#N)c1. The molecule has 0 aromatic heterocycles. The first-order chi connectivity index (χ1) is 9.91. The highest BCUT2D eigenvalue weighted by Gasteiger charge is 2.18. The van der Waals surface area contributed by atoms with Crippen LogP contribution in [0.1, 0.15) is 37.5 Å². The van der Waals surface area contributed by atoms with E-state index in [9.17, 15) is 4.39 Å². The predicted octanol–water partition coefficient (Wildman–Crippen LogP) is 4.57. The largest absolute Gasteiger partial charge is 0.489 e. The van der Waals surface area contributed by atoms with Crippen molar-refractivity contribution in [3.8, 4) is 11.8 Å². The highest BCUT2D eigenvalue weighted by Crippen LogP contribution is 2.31. The molecule has 0 atom stereocenters. The normalized spacial score (nSPS) is 11.0. The maximum atomic E-state index is 13.3. The van der Waals surface area contributed by atoms with E-state index in [-0.39, 0.29) is 11.0 Å². The summed E-state index contributed by atoms with van der Waals surface area (Å²) < 4.78 is 19.1. The Bertz CT molecular complexity index is 680. The van der Waals surface area contributed by atoms with Gasteiger partial charge in [0, 0.05) is 0 Å². The molecule has 0 bridgehead atoms.